The van der Waals surface area contributed by atoms with Crippen LogP contribution in [0.25, 0.3) is 6.08 Å². The molecule has 5 rings (SSSR count). The largest absolute Gasteiger partial charge is 0.496 e. The molecule has 0 fully saturated rings. The summed E-state index contributed by atoms with van der Waals surface area (Å²) in [6.07, 6.45) is 1.56. The fourth-order valence-electron chi connectivity index (χ4n) is 4.85. The van der Waals surface area contributed by atoms with E-state index in [0.717, 1.165) is 10.5 Å². The summed E-state index contributed by atoms with van der Waals surface area (Å²) >= 11 is 1.35. The Bertz CT molecular complexity index is 1960. The summed E-state index contributed by atoms with van der Waals surface area (Å²) < 4.78 is 10.5. The lowest BCUT2D eigenvalue weighted by Crippen LogP contribution is -2.30. The quantitative estimate of drug-likeness (QED) is 0.0658. The molecule has 9 nitrogen and oxygen atoms in total. The van der Waals surface area contributed by atoms with Gasteiger partial charge in [-0.2, -0.15) is 0 Å². The smallest absolute Gasteiger partial charge is 0.338 e. The summed E-state index contributed by atoms with van der Waals surface area (Å²) in [5.74, 6) is -1.10. The molecule has 50 heavy (non-hydrogen) atoms. The van der Waals surface area contributed by atoms with Crippen LogP contribution >= 0.6 is 11.8 Å². The van der Waals surface area contributed by atoms with Crippen LogP contribution in [-0.2, 0) is 14.3 Å². The van der Waals surface area contributed by atoms with Gasteiger partial charge < -0.3 is 25.4 Å². The lowest BCUT2D eigenvalue weighted by Gasteiger charge is -2.18. The summed E-state index contributed by atoms with van der Waals surface area (Å²) in [5.41, 5.74) is 3.26. The fraction of sp³-hybridized carbons (Fsp3) is 0.100. The monoisotopic (exact) mass is 685 g/mol. The second-order valence-corrected chi connectivity index (χ2v) is 12.0. The first-order valence-corrected chi connectivity index (χ1v) is 16.6. The first-order valence-electron chi connectivity index (χ1n) is 15.8. The minimum absolute atomic E-state index is 0.0258. The van der Waals surface area contributed by atoms with E-state index in [1.807, 2.05) is 54.6 Å². The van der Waals surface area contributed by atoms with Crippen molar-refractivity contribution in [2.45, 2.75) is 17.1 Å². The molecule has 0 heterocycles. The molecule has 252 valence electrons. The number of carbonyl (C=O) groups excluding carboxylic acids is 4. The first-order chi connectivity index (χ1) is 24.3. The summed E-state index contributed by atoms with van der Waals surface area (Å²) in [6, 6.07) is 38.8. The molecule has 0 aliphatic heterocycles. The molecular weight excluding hydrogens is 651 g/mol. The molecule has 1 atom stereocenters. The van der Waals surface area contributed by atoms with Gasteiger partial charge in [-0.05, 0) is 85.3 Å². The SMILES string of the molecule is CCOC(=O)c1ccc(NC(=O)C(Sc2ccc(NC(=O)/C(=C/c3ccccc3OC)NC(=O)c3ccccc3)cc2)c2ccccc2)cc1. The van der Waals surface area contributed by atoms with Gasteiger partial charge in [-0.25, -0.2) is 4.79 Å². The minimum atomic E-state index is -0.607. The van der Waals surface area contributed by atoms with E-state index in [0.29, 0.717) is 33.8 Å². The summed E-state index contributed by atoms with van der Waals surface area (Å²) in [6.45, 7) is 2.01. The highest BCUT2D eigenvalue weighted by molar-refractivity contribution is 8.00. The van der Waals surface area contributed by atoms with E-state index in [-0.39, 0.29) is 18.2 Å². The molecular formula is C40H35N3O6S. The molecule has 0 saturated heterocycles. The Morgan fingerprint density at radius 2 is 1.30 bits per heavy atom. The molecule has 0 radical (unpaired) electrons. The zero-order valence-corrected chi connectivity index (χ0v) is 28.2. The normalized spacial score (nSPS) is 11.5. The predicted octanol–water partition coefficient (Wildman–Crippen LogP) is 7.75. The molecule has 10 heteroatoms. The molecule has 3 amide bonds. The van der Waals surface area contributed by atoms with Crippen molar-refractivity contribution in [3.05, 3.63) is 161 Å². The van der Waals surface area contributed by atoms with E-state index in [9.17, 15) is 19.2 Å². The number of para-hydroxylation sites is 1. The number of ether oxygens (including phenoxy) is 2. The third-order valence-electron chi connectivity index (χ3n) is 7.34. The van der Waals surface area contributed by atoms with Gasteiger partial charge in [-0.3, -0.25) is 14.4 Å². The number of amides is 3. The van der Waals surface area contributed by atoms with Crippen molar-refractivity contribution in [3.8, 4) is 5.75 Å². The van der Waals surface area contributed by atoms with E-state index in [1.165, 1.54) is 18.9 Å². The first kappa shape index (κ1) is 35.2. The number of anilines is 2. The molecule has 5 aromatic carbocycles. The Kier molecular flexibility index (Phi) is 12.2. The number of thioether (sulfide) groups is 1. The molecule has 0 spiro atoms. The van der Waals surface area contributed by atoms with Gasteiger partial charge in [0.05, 0.1) is 19.3 Å². The van der Waals surface area contributed by atoms with Crippen LogP contribution in [0.3, 0.4) is 0 Å². The van der Waals surface area contributed by atoms with Crippen LogP contribution in [0, 0.1) is 0 Å². The number of esters is 1. The van der Waals surface area contributed by atoms with Crippen LogP contribution in [0.15, 0.2) is 144 Å². The highest BCUT2D eigenvalue weighted by atomic mass is 32.2. The Balaban J connectivity index is 1.32. The fourth-order valence-corrected chi connectivity index (χ4v) is 5.87. The average Bonchev–Trinajstić information content (AvgIpc) is 3.15. The van der Waals surface area contributed by atoms with Crippen LogP contribution in [0.2, 0.25) is 0 Å². The Hall–Kier alpha value is -6.13. The van der Waals surface area contributed by atoms with Crippen molar-refractivity contribution in [1.82, 2.24) is 5.32 Å². The van der Waals surface area contributed by atoms with E-state index in [1.54, 1.807) is 91.9 Å². The van der Waals surface area contributed by atoms with Gasteiger partial charge in [0.2, 0.25) is 5.91 Å². The standard InChI is InChI=1S/C40H35N3O6S/c1-3-49-40(47)29-18-20-31(21-19-29)42-39(46)36(27-12-6-4-7-13-27)50-33-24-22-32(23-25-33)41-38(45)34(26-30-16-10-11-17-35(30)48-2)43-37(44)28-14-8-5-9-15-28/h4-26,36H,3H2,1-2H3,(H,41,45)(H,42,46)(H,43,44)/b34-26-. The molecule has 5 aromatic rings. The zero-order valence-electron chi connectivity index (χ0n) is 27.4. The molecule has 3 N–H and O–H groups in total. The Morgan fingerprint density at radius 1 is 0.700 bits per heavy atom. The lowest BCUT2D eigenvalue weighted by atomic mass is 10.1. The molecule has 0 aliphatic carbocycles. The van der Waals surface area contributed by atoms with E-state index in [4.69, 9.17) is 9.47 Å². The molecule has 0 aromatic heterocycles. The Labute approximate surface area is 294 Å². The maximum atomic E-state index is 13.6. The average molecular weight is 686 g/mol. The topological polar surface area (TPSA) is 123 Å². The van der Waals surface area contributed by atoms with E-state index >= 15 is 0 Å². The van der Waals surface area contributed by atoms with Crippen LogP contribution < -0.4 is 20.7 Å². The molecule has 1 unspecified atom stereocenters. The summed E-state index contributed by atoms with van der Waals surface area (Å²) in [7, 11) is 1.53. The summed E-state index contributed by atoms with van der Waals surface area (Å²) in [4.78, 5) is 53.0. The maximum Gasteiger partial charge on any atom is 0.338 e. The Morgan fingerprint density at radius 3 is 1.96 bits per heavy atom. The number of methoxy groups -OCH3 is 1. The van der Waals surface area contributed by atoms with Gasteiger partial charge in [0, 0.05) is 27.4 Å². The van der Waals surface area contributed by atoms with E-state index < -0.39 is 23.0 Å². The molecule has 0 saturated carbocycles. The van der Waals surface area contributed by atoms with Gasteiger partial charge in [0.1, 0.15) is 16.7 Å². The van der Waals surface area contributed by atoms with Crippen LogP contribution in [0.4, 0.5) is 11.4 Å². The second kappa shape index (κ2) is 17.3. The van der Waals surface area contributed by atoms with Gasteiger partial charge in [-0.15, -0.1) is 11.8 Å². The number of nitrogens with one attached hydrogen (secondary N) is 3. The highest BCUT2D eigenvalue weighted by Crippen LogP contribution is 2.37. The van der Waals surface area contributed by atoms with Crippen LogP contribution in [0.5, 0.6) is 5.75 Å². The third-order valence-corrected chi connectivity index (χ3v) is 8.60. The highest BCUT2D eigenvalue weighted by Gasteiger charge is 2.23. The van der Waals surface area contributed by atoms with Crippen LogP contribution in [0.1, 0.15) is 44.0 Å². The van der Waals surface area contributed by atoms with Crippen molar-refractivity contribution in [1.29, 1.82) is 0 Å². The number of hydrogen-bond donors (Lipinski definition) is 3. The maximum absolute atomic E-state index is 13.6. The van der Waals surface area contributed by atoms with Gasteiger partial charge >= 0.3 is 5.97 Å². The van der Waals surface area contributed by atoms with Crippen molar-refractivity contribution >= 4 is 52.9 Å². The summed E-state index contributed by atoms with van der Waals surface area (Å²) in [5, 5.41) is 7.94. The van der Waals surface area contributed by atoms with Gasteiger partial charge in [0.25, 0.3) is 11.8 Å². The van der Waals surface area contributed by atoms with Crippen molar-refractivity contribution in [2.75, 3.05) is 24.4 Å². The minimum Gasteiger partial charge on any atom is -0.496 e. The predicted molar refractivity (Wildman–Crippen MR) is 196 cm³/mol. The van der Waals surface area contributed by atoms with Gasteiger partial charge in [-0.1, -0.05) is 66.7 Å². The van der Waals surface area contributed by atoms with Crippen LogP contribution in [-0.4, -0.2) is 37.4 Å². The number of hydrogen-bond acceptors (Lipinski definition) is 7. The second-order valence-electron chi connectivity index (χ2n) is 10.8. The molecule has 0 bridgehead atoms. The third kappa shape index (κ3) is 9.48. The number of carbonyl (C=O) groups is 4. The van der Waals surface area contributed by atoms with Crippen molar-refractivity contribution in [3.63, 3.8) is 0 Å². The zero-order chi connectivity index (χ0) is 35.3. The van der Waals surface area contributed by atoms with Crippen molar-refractivity contribution in [2.24, 2.45) is 0 Å². The van der Waals surface area contributed by atoms with E-state index in [2.05, 4.69) is 16.0 Å². The molecule has 0 aliphatic rings. The number of benzene rings is 5. The van der Waals surface area contributed by atoms with Crippen molar-refractivity contribution < 1.29 is 28.7 Å². The van der Waals surface area contributed by atoms with Gasteiger partial charge in [0.15, 0.2) is 0 Å². The number of rotatable bonds is 13. The lowest BCUT2D eigenvalue weighted by molar-refractivity contribution is -0.116.